The SMILES string of the molecule is Cc1[nH]ncc1C(=O)N1CCCNC(=O)c2csc(n2)[C@H](C(C)C)NC(=O)c2csc(n2)[C@H](Cc2ccccc2)NC(=O)C1. The predicted octanol–water partition coefficient (Wildman–Crippen LogP) is 3.43. The van der Waals surface area contributed by atoms with E-state index in [4.69, 9.17) is 0 Å². The molecule has 0 unspecified atom stereocenters. The van der Waals surface area contributed by atoms with Gasteiger partial charge in [-0.1, -0.05) is 44.2 Å². The Bertz CT molecular complexity index is 1630. The van der Waals surface area contributed by atoms with Crippen LogP contribution in [0.25, 0.3) is 0 Å². The summed E-state index contributed by atoms with van der Waals surface area (Å²) in [6, 6.07) is 8.72. The summed E-state index contributed by atoms with van der Waals surface area (Å²) in [6.45, 7) is 5.95. The van der Waals surface area contributed by atoms with Crippen molar-refractivity contribution < 1.29 is 19.2 Å². The van der Waals surface area contributed by atoms with Crippen molar-refractivity contribution in [2.24, 2.45) is 5.92 Å². The molecule has 12 nitrogen and oxygen atoms in total. The highest BCUT2D eigenvalue weighted by Gasteiger charge is 2.28. The molecule has 44 heavy (non-hydrogen) atoms. The second-order valence-corrected chi connectivity index (χ2v) is 12.7. The summed E-state index contributed by atoms with van der Waals surface area (Å²) in [5, 5.41) is 20.2. The van der Waals surface area contributed by atoms with E-state index in [9.17, 15) is 19.2 Å². The van der Waals surface area contributed by atoms with E-state index >= 15 is 0 Å². The molecule has 1 aliphatic heterocycles. The average Bonchev–Trinajstić information content (AvgIpc) is 3.78. The molecule has 2 atom stereocenters. The van der Waals surface area contributed by atoms with E-state index < -0.39 is 12.1 Å². The summed E-state index contributed by atoms with van der Waals surface area (Å²) >= 11 is 2.60. The van der Waals surface area contributed by atoms with Gasteiger partial charge in [-0.15, -0.1) is 22.7 Å². The van der Waals surface area contributed by atoms with Gasteiger partial charge in [-0.3, -0.25) is 24.3 Å². The molecule has 4 bridgehead atoms. The topological polar surface area (TPSA) is 162 Å². The number of amides is 4. The van der Waals surface area contributed by atoms with Gasteiger partial charge in [-0.25, -0.2) is 9.97 Å². The zero-order chi connectivity index (χ0) is 31.2. The Balaban J connectivity index is 1.47. The molecular formula is C30H34N8O4S2. The Morgan fingerprint density at radius 1 is 1.00 bits per heavy atom. The minimum absolute atomic E-state index is 0.000673. The summed E-state index contributed by atoms with van der Waals surface area (Å²) in [4.78, 5) is 63.8. The van der Waals surface area contributed by atoms with Gasteiger partial charge in [-0.2, -0.15) is 5.10 Å². The van der Waals surface area contributed by atoms with Crippen molar-refractivity contribution in [3.8, 4) is 0 Å². The van der Waals surface area contributed by atoms with Crippen LogP contribution in [0, 0.1) is 12.8 Å². The van der Waals surface area contributed by atoms with Gasteiger partial charge in [0.15, 0.2) is 0 Å². The molecule has 4 aromatic rings. The number of carbonyl (C=O) groups is 4. The lowest BCUT2D eigenvalue weighted by atomic mass is 10.0. The van der Waals surface area contributed by atoms with Gasteiger partial charge in [0.1, 0.15) is 21.4 Å². The van der Waals surface area contributed by atoms with Gasteiger partial charge in [-0.05, 0) is 31.2 Å². The number of H-pyrrole nitrogens is 1. The lowest BCUT2D eigenvalue weighted by Crippen LogP contribution is -2.43. The van der Waals surface area contributed by atoms with Crippen molar-refractivity contribution in [2.45, 2.75) is 45.7 Å². The third-order valence-corrected chi connectivity index (χ3v) is 9.10. The van der Waals surface area contributed by atoms with Gasteiger partial charge in [0.2, 0.25) is 5.91 Å². The second kappa shape index (κ2) is 13.9. The first-order chi connectivity index (χ1) is 21.2. The predicted molar refractivity (Wildman–Crippen MR) is 166 cm³/mol. The van der Waals surface area contributed by atoms with E-state index in [1.54, 1.807) is 17.7 Å². The molecule has 1 aromatic carbocycles. The highest BCUT2D eigenvalue weighted by atomic mass is 32.1. The normalized spacial score (nSPS) is 18.5. The number of nitrogens with zero attached hydrogens (tertiary/aromatic N) is 4. The van der Waals surface area contributed by atoms with E-state index in [-0.39, 0.29) is 60.6 Å². The summed E-state index contributed by atoms with van der Waals surface area (Å²) in [5.74, 6) is -1.45. The van der Waals surface area contributed by atoms with E-state index in [0.29, 0.717) is 34.1 Å². The van der Waals surface area contributed by atoms with Crippen LogP contribution >= 0.6 is 22.7 Å². The molecule has 230 valence electrons. The number of aromatic amines is 1. The number of aromatic nitrogens is 4. The zero-order valence-corrected chi connectivity index (χ0v) is 26.3. The van der Waals surface area contributed by atoms with Gasteiger partial charge in [0.25, 0.3) is 17.7 Å². The molecule has 4 N–H and O–H groups in total. The minimum Gasteiger partial charge on any atom is -0.351 e. The van der Waals surface area contributed by atoms with Gasteiger partial charge in [0, 0.05) is 29.5 Å². The summed E-state index contributed by atoms with van der Waals surface area (Å²) in [7, 11) is 0. The number of carbonyl (C=O) groups excluding carboxylic acids is 4. The van der Waals surface area contributed by atoms with E-state index in [0.717, 1.165) is 5.56 Å². The average molecular weight is 635 g/mol. The first kappa shape index (κ1) is 31.0. The third kappa shape index (κ3) is 7.37. The maximum absolute atomic E-state index is 13.5. The summed E-state index contributed by atoms with van der Waals surface area (Å²) < 4.78 is 0. The van der Waals surface area contributed by atoms with Crippen LogP contribution in [0.1, 0.15) is 85.0 Å². The van der Waals surface area contributed by atoms with Crippen LogP contribution in [0.15, 0.2) is 47.3 Å². The zero-order valence-electron chi connectivity index (χ0n) is 24.6. The number of aryl methyl sites for hydroxylation is 1. The van der Waals surface area contributed by atoms with Crippen LogP contribution in [-0.2, 0) is 11.2 Å². The fraction of sp³-hybridized carbons (Fsp3) is 0.367. The van der Waals surface area contributed by atoms with Gasteiger partial charge >= 0.3 is 0 Å². The fourth-order valence-electron chi connectivity index (χ4n) is 4.83. The number of hydrogen-bond donors (Lipinski definition) is 4. The molecule has 5 rings (SSSR count). The van der Waals surface area contributed by atoms with Crippen LogP contribution in [0.4, 0.5) is 0 Å². The molecule has 14 heteroatoms. The summed E-state index contributed by atoms with van der Waals surface area (Å²) in [6.07, 6.45) is 2.29. The minimum atomic E-state index is -0.534. The van der Waals surface area contributed by atoms with Crippen LogP contribution in [0.2, 0.25) is 0 Å². The monoisotopic (exact) mass is 634 g/mol. The van der Waals surface area contributed by atoms with Crippen LogP contribution in [0.5, 0.6) is 0 Å². The maximum Gasteiger partial charge on any atom is 0.271 e. The van der Waals surface area contributed by atoms with Crippen molar-refractivity contribution in [3.63, 3.8) is 0 Å². The number of fused-ring (bicyclic) bond motifs is 4. The highest BCUT2D eigenvalue weighted by Crippen LogP contribution is 2.27. The van der Waals surface area contributed by atoms with Crippen LogP contribution in [-0.4, -0.2) is 68.3 Å². The number of hydrogen-bond acceptors (Lipinski definition) is 9. The number of thiazole rings is 2. The van der Waals surface area contributed by atoms with Crippen molar-refractivity contribution in [3.05, 3.63) is 85.5 Å². The Hall–Kier alpha value is -4.43. The van der Waals surface area contributed by atoms with Gasteiger partial charge < -0.3 is 20.9 Å². The largest absolute Gasteiger partial charge is 0.351 e. The molecule has 0 aliphatic carbocycles. The second-order valence-electron chi connectivity index (χ2n) is 10.9. The molecule has 1 aliphatic rings. The molecular weight excluding hydrogens is 601 g/mol. The molecule has 0 fully saturated rings. The summed E-state index contributed by atoms with van der Waals surface area (Å²) in [5.41, 5.74) is 2.42. The van der Waals surface area contributed by atoms with Crippen molar-refractivity contribution >= 4 is 46.3 Å². The first-order valence-electron chi connectivity index (χ1n) is 14.3. The molecule has 0 saturated heterocycles. The molecule has 0 saturated carbocycles. The Morgan fingerprint density at radius 2 is 1.70 bits per heavy atom. The number of benzene rings is 1. The number of nitrogens with one attached hydrogen (secondary N) is 4. The van der Waals surface area contributed by atoms with Crippen LogP contribution in [0.3, 0.4) is 0 Å². The lowest BCUT2D eigenvalue weighted by molar-refractivity contribution is -0.122. The van der Waals surface area contributed by atoms with Crippen LogP contribution < -0.4 is 16.0 Å². The van der Waals surface area contributed by atoms with E-state index in [1.807, 2.05) is 44.2 Å². The van der Waals surface area contributed by atoms with Crippen molar-refractivity contribution in [1.29, 1.82) is 0 Å². The first-order valence-corrected chi connectivity index (χ1v) is 16.1. The Morgan fingerprint density at radius 3 is 2.41 bits per heavy atom. The number of rotatable bonds is 4. The molecule has 4 heterocycles. The Kier molecular flexibility index (Phi) is 9.80. The highest BCUT2D eigenvalue weighted by molar-refractivity contribution is 7.10. The van der Waals surface area contributed by atoms with Crippen molar-refractivity contribution in [1.82, 2.24) is 41.0 Å². The molecule has 0 radical (unpaired) electrons. The lowest BCUT2D eigenvalue weighted by Gasteiger charge is -2.24. The smallest absolute Gasteiger partial charge is 0.271 e. The maximum atomic E-state index is 13.5. The molecule has 0 spiro atoms. The quantitative estimate of drug-likeness (QED) is 0.267. The van der Waals surface area contributed by atoms with E-state index in [1.165, 1.54) is 33.8 Å². The fourth-order valence-corrected chi connectivity index (χ4v) is 6.70. The van der Waals surface area contributed by atoms with E-state index in [2.05, 4.69) is 36.1 Å². The van der Waals surface area contributed by atoms with Gasteiger partial charge in [0.05, 0.1) is 30.4 Å². The molecule has 3 aromatic heterocycles. The van der Waals surface area contributed by atoms with Crippen molar-refractivity contribution in [2.75, 3.05) is 19.6 Å². The Labute approximate surface area is 262 Å². The standard InChI is InChI=1S/C30H34N8O4S2/c1-17(2)25-29-35-22(15-44-29)26(40)31-10-7-11-38(30(42)20-13-32-37-18(20)3)14-24(39)33-21(12-19-8-5-4-6-9-19)28-34-23(16-43-28)27(41)36-25/h4-6,8-9,13,15-17,21,25H,7,10-12,14H2,1-3H3,(H,31,40)(H,32,37)(H,33,39)(H,36,41)/t21-,25-/m0/s1. The molecule has 4 amide bonds. The third-order valence-electron chi connectivity index (χ3n) is 7.22.